The van der Waals surface area contributed by atoms with Crippen molar-refractivity contribution >= 4 is 5.69 Å². The molecule has 0 radical (unpaired) electrons. The quantitative estimate of drug-likeness (QED) is 0.804. The lowest BCUT2D eigenvalue weighted by atomic mass is 10.1. The molecule has 0 bridgehead atoms. The van der Waals surface area contributed by atoms with Crippen molar-refractivity contribution in [3.63, 3.8) is 0 Å². The van der Waals surface area contributed by atoms with Crippen LogP contribution in [0.15, 0.2) is 48.5 Å². The maximum Gasteiger partial charge on any atom is 0.123 e. The van der Waals surface area contributed by atoms with Crippen LogP contribution in [0, 0.1) is 18.3 Å². The van der Waals surface area contributed by atoms with Gasteiger partial charge in [-0.05, 0) is 25.1 Å². The number of anilines is 1. The minimum Gasteiger partial charge on any atom is -0.496 e. The van der Waals surface area contributed by atoms with Crippen molar-refractivity contribution < 1.29 is 4.74 Å². The number of benzene rings is 2. The fourth-order valence-corrected chi connectivity index (χ4v) is 2.36. The van der Waals surface area contributed by atoms with Gasteiger partial charge in [0.1, 0.15) is 5.75 Å². The van der Waals surface area contributed by atoms with Gasteiger partial charge in [-0.1, -0.05) is 35.9 Å². The summed E-state index contributed by atoms with van der Waals surface area (Å²) in [5.41, 5.74) is 3.47. The molecule has 0 atom stereocenters. The smallest absolute Gasteiger partial charge is 0.123 e. The van der Waals surface area contributed by atoms with Crippen LogP contribution in [0.3, 0.4) is 0 Å². The van der Waals surface area contributed by atoms with E-state index in [2.05, 4.69) is 36.1 Å². The molecule has 0 N–H and O–H groups in total. The molecular formula is C18H20N2O. The number of nitriles is 1. The second-order valence-corrected chi connectivity index (χ2v) is 4.98. The zero-order chi connectivity index (χ0) is 15.1. The Morgan fingerprint density at radius 3 is 2.57 bits per heavy atom. The van der Waals surface area contributed by atoms with Gasteiger partial charge in [0, 0.05) is 24.3 Å². The topological polar surface area (TPSA) is 36.3 Å². The molecule has 3 nitrogen and oxygen atoms in total. The van der Waals surface area contributed by atoms with Crippen LogP contribution in [0.2, 0.25) is 0 Å². The van der Waals surface area contributed by atoms with Crippen molar-refractivity contribution in [2.45, 2.75) is 19.9 Å². The van der Waals surface area contributed by atoms with E-state index in [4.69, 9.17) is 10.00 Å². The lowest BCUT2D eigenvalue weighted by molar-refractivity contribution is 0.409. The number of ether oxygens (including phenoxy) is 1. The lowest BCUT2D eigenvalue weighted by Gasteiger charge is -2.25. The Labute approximate surface area is 126 Å². The predicted octanol–water partition coefficient (Wildman–Crippen LogP) is 3.92. The van der Waals surface area contributed by atoms with E-state index in [-0.39, 0.29) is 0 Å². The normalized spacial score (nSPS) is 9.95. The molecule has 0 saturated carbocycles. The first-order valence-electron chi connectivity index (χ1n) is 7.05. The number of aryl methyl sites for hydroxylation is 1. The molecule has 0 aliphatic heterocycles. The van der Waals surface area contributed by atoms with Crippen LogP contribution in [0.4, 0.5) is 5.69 Å². The average molecular weight is 280 g/mol. The number of hydrogen-bond donors (Lipinski definition) is 0. The molecule has 0 unspecified atom stereocenters. The van der Waals surface area contributed by atoms with E-state index < -0.39 is 0 Å². The van der Waals surface area contributed by atoms with Crippen molar-refractivity contribution in [3.8, 4) is 11.8 Å². The van der Waals surface area contributed by atoms with E-state index in [1.807, 2.05) is 30.3 Å². The fourth-order valence-electron chi connectivity index (χ4n) is 2.36. The third kappa shape index (κ3) is 4.00. The zero-order valence-corrected chi connectivity index (χ0v) is 12.5. The van der Waals surface area contributed by atoms with Crippen LogP contribution in [-0.2, 0) is 6.54 Å². The maximum atomic E-state index is 8.87. The summed E-state index contributed by atoms with van der Waals surface area (Å²) in [5, 5.41) is 8.87. The second kappa shape index (κ2) is 7.35. The highest BCUT2D eigenvalue weighted by Gasteiger charge is 2.10. The molecule has 2 aromatic carbocycles. The molecular weight excluding hydrogens is 260 g/mol. The molecule has 21 heavy (non-hydrogen) atoms. The zero-order valence-electron chi connectivity index (χ0n) is 12.5. The van der Waals surface area contributed by atoms with Crippen LogP contribution in [0.5, 0.6) is 5.75 Å². The summed E-state index contributed by atoms with van der Waals surface area (Å²) in [6, 6.07) is 18.6. The summed E-state index contributed by atoms with van der Waals surface area (Å²) >= 11 is 0. The Morgan fingerprint density at radius 1 is 1.14 bits per heavy atom. The van der Waals surface area contributed by atoms with Gasteiger partial charge in [-0.25, -0.2) is 0 Å². The third-order valence-corrected chi connectivity index (χ3v) is 3.41. The van der Waals surface area contributed by atoms with Gasteiger partial charge >= 0.3 is 0 Å². The van der Waals surface area contributed by atoms with Crippen molar-refractivity contribution in [2.75, 3.05) is 18.6 Å². The van der Waals surface area contributed by atoms with Gasteiger partial charge in [0.05, 0.1) is 19.6 Å². The maximum absolute atomic E-state index is 8.87. The van der Waals surface area contributed by atoms with E-state index in [1.54, 1.807) is 7.11 Å². The second-order valence-electron chi connectivity index (χ2n) is 4.98. The summed E-state index contributed by atoms with van der Waals surface area (Å²) in [7, 11) is 1.69. The Balaban J connectivity index is 2.27. The van der Waals surface area contributed by atoms with Crippen LogP contribution in [-0.4, -0.2) is 13.7 Å². The van der Waals surface area contributed by atoms with Crippen molar-refractivity contribution in [2.24, 2.45) is 0 Å². The molecule has 108 valence electrons. The van der Waals surface area contributed by atoms with Gasteiger partial charge in [0.15, 0.2) is 0 Å². The summed E-state index contributed by atoms with van der Waals surface area (Å²) in [4.78, 5) is 2.21. The summed E-state index contributed by atoms with van der Waals surface area (Å²) in [5.74, 6) is 0.887. The Bertz CT molecular complexity index is 617. The Hall–Kier alpha value is -2.47. The van der Waals surface area contributed by atoms with Gasteiger partial charge in [-0.3, -0.25) is 0 Å². The van der Waals surface area contributed by atoms with E-state index >= 15 is 0 Å². The third-order valence-electron chi connectivity index (χ3n) is 3.41. The van der Waals surface area contributed by atoms with Crippen LogP contribution in [0.25, 0.3) is 0 Å². The van der Waals surface area contributed by atoms with E-state index in [0.29, 0.717) is 13.0 Å². The molecule has 0 amide bonds. The first kappa shape index (κ1) is 14.9. The van der Waals surface area contributed by atoms with Crippen LogP contribution in [0.1, 0.15) is 17.5 Å². The molecule has 2 rings (SSSR count). The number of para-hydroxylation sites is 1. The van der Waals surface area contributed by atoms with Gasteiger partial charge in [0.25, 0.3) is 0 Å². The highest BCUT2D eigenvalue weighted by molar-refractivity contribution is 5.48. The van der Waals surface area contributed by atoms with Crippen LogP contribution < -0.4 is 9.64 Å². The molecule has 3 heteroatoms. The van der Waals surface area contributed by atoms with Crippen molar-refractivity contribution in [1.29, 1.82) is 5.26 Å². The van der Waals surface area contributed by atoms with E-state index in [9.17, 15) is 0 Å². The standard InChI is InChI=1S/C18H20N2O/c1-15-9-10-18(21-2)16(13-15)14-20(12-6-11-19)17-7-4-3-5-8-17/h3-5,7-10,13H,6,12,14H2,1-2H3. The van der Waals surface area contributed by atoms with E-state index in [1.165, 1.54) is 5.56 Å². The highest BCUT2D eigenvalue weighted by Crippen LogP contribution is 2.24. The Kier molecular flexibility index (Phi) is 5.22. The first-order chi connectivity index (χ1) is 10.2. The van der Waals surface area contributed by atoms with Gasteiger partial charge < -0.3 is 9.64 Å². The number of hydrogen-bond acceptors (Lipinski definition) is 3. The van der Waals surface area contributed by atoms with Gasteiger partial charge in [-0.15, -0.1) is 0 Å². The largest absolute Gasteiger partial charge is 0.496 e. The van der Waals surface area contributed by atoms with Crippen LogP contribution >= 0.6 is 0 Å². The lowest BCUT2D eigenvalue weighted by Crippen LogP contribution is -2.24. The molecule has 0 aromatic heterocycles. The molecule has 2 aromatic rings. The highest BCUT2D eigenvalue weighted by atomic mass is 16.5. The number of methoxy groups -OCH3 is 1. The van der Waals surface area contributed by atoms with Crippen molar-refractivity contribution in [1.82, 2.24) is 0 Å². The summed E-state index contributed by atoms with van der Waals surface area (Å²) < 4.78 is 5.45. The molecule has 0 saturated heterocycles. The van der Waals surface area contributed by atoms with E-state index in [0.717, 1.165) is 23.5 Å². The van der Waals surface area contributed by atoms with Gasteiger partial charge in [-0.2, -0.15) is 5.26 Å². The Morgan fingerprint density at radius 2 is 1.90 bits per heavy atom. The molecule has 0 heterocycles. The molecule has 0 spiro atoms. The molecule has 0 aliphatic carbocycles. The minimum absolute atomic E-state index is 0.503. The summed E-state index contributed by atoms with van der Waals surface area (Å²) in [6.07, 6.45) is 0.503. The first-order valence-corrected chi connectivity index (χ1v) is 7.05. The van der Waals surface area contributed by atoms with Gasteiger partial charge in [0.2, 0.25) is 0 Å². The number of rotatable bonds is 6. The monoisotopic (exact) mass is 280 g/mol. The number of nitrogens with zero attached hydrogens (tertiary/aromatic N) is 2. The minimum atomic E-state index is 0.503. The fraction of sp³-hybridized carbons (Fsp3) is 0.278. The predicted molar refractivity (Wildman–Crippen MR) is 85.5 cm³/mol. The molecule has 0 fully saturated rings. The average Bonchev–Trinajstić information content (AvgIpc) is 2.52. The summed E-state index contributed by atoms with van der Waals surface area (Å²) in [6.45, 7) is 3.51. The molecule has 0 aliphatic rings. The SMILES string of the molecule is COc1ccc(C)cc1CN(CCC#N)c1ccccc1. The van der Waals surface area contributed by atoms with Crippen molar-refractivity contribution in [3.05, 3.63) is 59.7 Å².